The largest absolute Gasteiger partial charge is 0.385 e. The Morgan fingerprint density at radius 2 is 1.85 bits per heavy atom. The molecule has 8 heteroatoms. The van der Waals surface area contributed by atoms with Gasteiger partial charge in [-0.2, -0.15) is 0 Å². The lowest BCUT2D eigenvalue weighted by Gasteiger charge is -2.26. The van der Waals surface area contributed by atoms with E-state index >= 15 is 0 Å². The number of morpholine rings is 1. The molecule has 1 aliphatic heterocycles. The molecule has 0 unspecified atom stereocenters. The van der Waals surface area contributed by atoms with E-state index < -0.39 is 0 Å². The van der Waals surface area contributed by atoms with Crippen LogP contribution in [0.5, 0.6) is 0 Å². The maximum atomic E-state index is 12.2. The Balaban J connectivity index is 1.68. The average Bonchev–Trinajstić information content (AvgIpc) is 2.66. The molecule has 3 amide bonds. The summed E-state index contributed by atoms with van der Waals surface area (Å²) in [5.41, 5.74) is 1.21. The SMILES string of the molecule is COCCCNC(=O)Nc1ccc(C(=O)NCCN2CCOCC2)cc1. The standard InChI is InChI=1S/C18H28N4O4/c1-25-12-2-7-20-18(24)21-16-5-3-15(4-6-16)17(23)19-8-9-22-10-13-26-14-11-22/h3-6H,2,7-14H2,1H3,(H,19,23)(H2,20,21,24). The highest BCUT2D eigenvalue weighted by molar-refractivity contribution is 5.95. The van der Waals surface area contributed by atoms with Crippen molar-refractivity contribution < 1.29 is 19.1 Å². The number of carbonyl (C=O) groups is 2. The minimum Gasteiger partial charge on any atom is -0.385 e. The van der Waals surface area contributed by atoms with E-state index in [1.54, 1.807) is 31.4 Å². The lowest BCUT2D eigenvalue weighted by Crippen LogP contribution is -2.41. The van der Waals surface area contributed by atoms with Gasteiger partial charge in [-0.15, -0.1) is 0 Å². The summed E-state index contributed by atoms with van der Waals surface area (Å²) in [6, 6.07) is 6.55. The van der Waals surface area contributed by atoms with E-state index in [-0.39, 0.29) is 11.9 Å². The first-order valence-electron chi connectivity index (χ1n) is 8.91. The fourth-order valence-corrected chi connectivity index (χ4v) is 2.55. The van der Waals surface area contributed by atoms with Crippen LogP contribution in [0.3, 0.4) is 0 Å². The molecule has 0 atom stereocenters. The Hall–Kier alpha value is -2.16. The summed E-state index contributed by atoms with van der Waals surface area (Å²) in [4.78, 5) is 26.2. The fourth-order valence-electron chi connectivity index (χ4n) is 2.55. The first-order valence-corrected chi connectivity index (χ1v) is 8.91. The van der Waals surface area contributed by atoms with Crippen LogP contribution in [0.2, 0.25) is 0 Å². The molecule has 0 aliphatic carbocycles. The second-order valence-corrected chi connectivity index (χ2v) is 6.01. The van der Waals surface area contributed by atoms with E-state index in [1.165, 1.54) is 0 Å². The van der Waals surface area contributed by atoms with Crippen molar-refractivity contribution in [2.45, 2.75) is 6.42 Å². The molecule has 144 valence electrons. The fraction of sp³-hybridized carbons (Fsp3) is 0.556. The molecule has 2 rings (SSSR count). The number of nitrogens with zero attached hydrogens (tertiary/aromatic N) is 1. The van der Waals surface area contributed by atoms with Gasteiger partial charge >= 0.3 is 6.03 Å². The molecule has 1 fully saturated rings. The van der Waals surface area contributed by atoms with Crippen molar-refractivity contribution in [3.63, 3.8) is 0 Å². The molecule has 0 aromatic heterocycles. The third-order valence-electron chi connectivity index (χ3n) is 4.03. The van der Waals surface area contributed by atoms with Crippen molar-refractivity contribution in [3.8, 4) is 0 Å². The second kappa shape index (κ2) is 11.5. The molecule has 1 saturated heterocycles. The van der Waals surface area contributed by atoms with Gasteiger partial charge in [0.25, 0.3) is 5.91 Å². The quantitative estimate of drug-likeness (QED) is 0.567. The van der Waals surface area contributed by atoms with Crippen molar-refractivity contribution in [3.05, 3.63) is 29.8 Å². The molecule has 0 saturated carbocycles. The van der Waals surface area contributed by atoms with Crippen LogP contribution in [-0.4, -0.2) is 76.5 Å². The number of nitrogens with one attached hydrogen (secondary N) is 3. The first-order chi connectivity index (χ1) is 12.7. The molecule has 3 N–H and O–H groups in total. The third kappa shape index (κ3) is 7.38. The van der Waals surface area contributed by atoms with Gasteiger partial charge in [0, 0.05) is 57.7 Å². The average molecular weight is 364 g/mol. The minimum absolute atomic E-state index is 0.117. The number of hydrogen-bond acceptors (Lipinski definition) is 5. The molecule has 26 heavy (non-hydrogen) atoms. The lowest BCUT2D eigenvalue weighted by atomic mass is 10.2. The normalized spacial score (nSPS) is 14.7. The van der Waals surface area contributed by atoms with Gasteiger partial charge in [0.2, 0.25) is 0 Å². The smallest absolute Gasteiger partial charge is 0.319 e. The zero-order valence-electron chi connectivity index (χ0n) is 15.3. The molecule has 1 aromatic rings. The van der Waals surface area contributed by atoms with Crippen LogP contribution in [-0.2, 0) is 9.47 Å². The molecule has 0 radical (unpaired) electrons. The predicted octanol–water partition coefficient (Wildman–Crippen LogP) is 0.907. The predicted molar refractivity (Wildman–Crippen MR) is 99.5 cm³/mol. The van der Waals surface area contributed by atoms with Crippen LogP contribution in [0, 0.1) is 0 Å². The molecular formula is C18H28N4O4. The van der Waals surface area contributed by atoms with Crippen LogP contribution in [0.4, 0.5) is 10.5 Å². The van der Waals surface area contributed by atoms with Crippen LogP contribution in [0.25, 0.3) is 0 Å². The Morgan fingerprint density at radius 3 is 2.54 bits per heavy atom. The van der Waals surface area contributed by atoms with Gasteiger partial charge in [-0.3, -0.25) is 9.69 Å². The summed E-state index contributed by atoms with van der Waals surface area (Å²) in [7, 11) is 1.63. The van der Waals surface area contributed by atoms with E-state index in [4.69, 9.17) is 9.47 Å². The molecular weight excluding hydrogens is 336 g/mol. The number of carbonyl (C=O) groups excluding carboxylic acids is 2. The highest BCUT2D eigenvalue weighted by Crippen LogP contribution is 2.09. The summed E-state index contributed by atoms with van der Waals surface area (Å²) in [5.74, 6) is -0.117. The van der Waals surface area contributed by atoms with Gasteiger partial charge in [0.15, 0.2) is 0 Å². The summed E-state index contributed by atoms with van der Waals surface area (Å²) in [6.07, 6.45) is 0.757. The van der Waals surface area contributed by atoms with Crippen LogP contribution in [0.1, 0.15) is 16.8 Å². The Labute approximate surface area is 154 Å². The molecule has 0 spiro atoms. The molecule has 8 nitrogen and oxygen atoms in total. The number of anilines is 1. The summed E-state index contributed by atoms with van der Waals surface area (Å²) < 4.78 is 10.2. The van der Waals surface area contributed by atoms with E-state index in [0.29, 0.717) is 30.9 Å². The van der Waals surface area contributed by atoms with Gasteiger partial charge in [-0.05, 0) is 30.7 Å². The monoisotopic (exact) mass is 364 g/mol. The maximum Gasteiger partial charge on any atom is 0.319 e. The number of amides is 3. The molecule has 1 aliphatic rings. The van der Waals surface area contributed by atoms with Gasteiger partial charge in [0.1, 0.15) is 0 Å². The van der Waals surface area contributed by atoms with Crippen molar-refractivity contribution >= 4 is 17.6 Å². The van der Waals surface area contributed by atoms with Crippen LogP contribution >= 0.6 is 0 Å². The Morgan fingerprint density at radius 1 is 1.12 bits per heavy atom. The number of rotatable bonds is 9. The van der Waals surface area contributed by atoms with Gasteiger partial charge in [0.05, 0.1) is 13.2 Å². The van der Waals surface area contributed by atoms with Crippen LogP contribution < -0.4 is 16.0 Å². The number of ether oxygens (including phenoxy) is 2. The minimum atomic E-state index is -0.274. The number of hydrogen-bond donors (Lipinski definition) is 3. The topological polar surface area (TPSA) is 91.9 Å². The van der Waals surface area contributed by atoms with Gasteiger partial charge in [-0.25, -0.2) is 4.79 Å². The first kappa shape index (κ1) is 20.2. The van der Waals surface area contributed by atoms with E-state index in [9.17, 15) is 9.59 Å². The highest BCUT2D eigenvalue weighted by Gasteiger charge is 2.11. The van der Waals surface area contributed by atoms with Crippen molar-refractivity contribution in [1.29, 1.82) is 0 Å². The number of urea groups is 1. The van der Waals surface area contributed by atoms with E-state index in [0.717, 1.165) is 39.3 Å². The summed E-state index contributed by atoms with van der Waals surface area (Å²) >= 11 is 0. The Bertz CT molecular complexity index is 559. The summed E-state index contributed by atoms with van der Waals surface area (Å²) in [6.45, 7) is 5.89. The number of methoxy groups -OCH3 is 1. The van der Waals surface area contributed by atoms with Crippen molar-refractivity contribution in [2.75, 3.05) is 65.0 Å². The lowest BCUT2D eigenvalue weighted by molar-refractivity contribution is 0.0383. The van der Waals surface area contributed by atoms with Crippen molar-refractivity contribution in [2.24, 2.45) is 0 Å². The number of benzene rings is 1. The van der Waals surface area contributed by atoms with Gasteiger partial charge < -0.3 is 25.4 Å². The van der Waals surface area contributed by atoms with E-state index in [1.807, 2.05) is 0 Å². The molecule has 1 heterocycles. The zero-order valence-corrected chi connectivity index (χ0v) is 15.3. The van der Waals surface area contributed by atoms with Gasteiger partial charge in [-0.1, -0.05) is 0 Å². The molecule has 1 aromatic carbocycles. The summed E-state index contributed by atoms with van der Waals surface area (Å²) in [5, 5.41) is 8.38. The van der Waals surface area contributed by atoms with Crippen LogP contribution in [0.15, 0.2) is 24.3 Å². The maximum absolute atomic E-state index is 12.2. The van der Waals surface area contributed by atoms with E-state index in [2.05, 4.69) is 20.9 Å². The highest BCUT2D eigenvalue weighted by atomic mass is 16.5. The molecule has 0 bridgehead atoms. The second-order valence-electron chi connectivity index (χ2n) is 6.01. The van der Waals surface area contributed by atoms with Crippen molar-refractivity contribution in [1.82, 2.24) is 15.5 Å². The Kier molecular flexibility index (Phi) is 8.88. The zero-order chi connectivity index (χ0) is 18.6. The third-order valence-corrected chi connectivity index (χ3v) is 4.03.